The third-order valence-corrected chi connectivity index (χ3v) is 3.62. The van der Waals surface area contributed by atoms with Crippen LogP contribution >= 0.6 is 12.4 Å². The maximum Gasteiger partial charge on any atom is 0.225 e. The molecule has 1 amide bonds. The van der Waals surface area contributed by atoms with Crippen LogP contribution in [0.3, 0.4) is 0 Å². The number of ether oxygens (including phenoxy) is 1. The zero-order chi connectivity index (χ0) is 11.4. The molecule has 0 spiro atoms. The number of nitrogens with zero attached hydrogens (tertiary/aromatic N) is 1. The Labute approximate surface area is 109 Å². The first-order valence-corrected chi connectivity index (χ1v) is 6.31. The van der Waals surface area contributed by atoms with Crippen LogP contribution in [0.25, 0.3) is 0 Å². The van der Waals surface area contributed by atoms with E-state index in [0.717, 1.165) is 52.1 Å². The second-order valence-electron chi connectivity index (χ2n) is 4.97. The van der Waals surface area contributed by atoms with Crippen molar-refractivity contribution in [2.24, 2.45) is 11.8 Å². The number of halogens is 1. The van der Waals surface area contributed by atoms with Crippen LogP contribution in [0.4, 0.5) is 0 Å². The molecule has 1 N–H and O–H groups in total. The van der Waals surface area contributed by atoms with E-state index in [1.807, 2.05) is 11.9 Å². The first-order valence-electron chi connectivity index (χ1n) is 6.31. The number of carbonyl (C=O) groups excluding carboxylic acids is 1. The highest BCUT2D eigenvalue weighted by atomic mass is 35.5. The molecule has 0 aromatic heterocycles. The molecule has 0 saturated carbocycles. The largest absolute Gasteiger partial charge is 0.381 e. The normalized spacial score (nSPS) is 25.4. The van der Waals surface area contributed by atoms with E-state index < -0.39 is 0 Å². The Balaban J connectivity index is 0.00000144. The first kappa shape index (κ1) is 14.7. The van der Waals surface area contributed by atoms with Gasteiger partial charge in [0.05, 0.1) is 6.61 Å². The Kier molecular flexibility index (Phi) is 6.23. The van der Waals surface area contributed by atoms with E-state index in [1.165, 1.54) is 0 Å². The van der Waals surface area contributed by atoms with Crippen molar-refractivity contribution in [1.29, 1.82) is 0 Å². The molecule has 2 aliphatic heterocycles. The van der Waals surface area contributed by atoms with Crippen LogP contribution < -0.4 is 5.32 Å². The van der Waals surface area contributed by atoms with Crippen molar-refractivity contribution < 1.29 is 9.53 Å². The standard InChI is InChI=1S/C12H22N2O2.ClH/c1-14(8-10-4-7-16-9-10)12(15)11-2-5-13-6-3-11;/h10-11,13H,2-9H2,1H3;1H. The summed E-state index contributed by atoms with van der Waals surface area (Å²) in [5.41, 5.74) is 0. The van der Waals surface area contributed by atoms with Crippen LogP contribution in [0.1, 0.15) is 19.3 Å². The van der Waals surface area contributed by atoms with E-state index in [9.17, 15) is 4.79 Å². The molecule has 4 nitrogen and oxygen atoms in total. The maximum absolute atomic E-state index is 12.1. The lowest BCUT2D eigenvalue weighted by molar-refractivity contribution is -0.135. The summed E-state index contributed by atoms with van der Waals surface area (Å²) in [6.07, 6.45) is 3.08. The Morgan fingerprint density at radius 2 is 2.06 bits per heavy atom. The Morgan fingerprint density at radius 3 is 2.65 bits per heavy atom. The minimum atomic E-state index is 0. The monoisotopic (exact) mass is 262 g/mol. The minimum absolute atomic E-state index is 0. The fourth-order valence-electron chi connectivity index (χ4n) is 2.59. The lowest BCUT2D eigenvalue weighted by Gasteiger charge is -2.28. The average molecular weight is 263 g/mol. The van der Waals surface area contributed by atoms with Gasteiger partial charge in [-0.1, -0.05) is 0 Å². The van der Waals surface area contributed by atoms with Crippen LogP contribution in [0.2, 0.25) is 0 Å². The zero-order valence-electron chi connectivity index (χ0n) is 10.5. The van der Waals surface area contributed by atoms with Gasteiger partial charge >= 0.3 is 0 Å². The molecule has 2 rings (SSSR count). The molecular weight excluding hydrogens is 240 g/mol. The Morgan fingerprint density at radius 1 is 1.35 bits per heavy atom. The summed E-state index contributed by atoms with van der Waals surface area (Å²) in [6, 6.07) is 0. The number of hydrogen-bond donors (Lipinski definition) is 1. The van der Waals surface area contributed by atoms with Crippen LogP contribution in [0.15, 0.2) is 0 Å². The van der Waals surface area contributed by atoms with Crippen molar-refractivity contribution in [3.63, 3.8) is 0 Å². The highest BCUT2D eigenvalue weighted by Crippen LogP contribution is 2.18. The zero-order valence-corrected chi connectivity index (χ0v) is 11.3. The third-order valence-electron chi connectivity index (χ3n) is 3.62. The van der Waals surface area contributed by atoms with Crippen molar-refractivity contribution >= 4 is 18.3 Å². The summed E-state index contributed by atoms with van der Waals surface area (Å²) in [4.78, 5) is 14.1. The summed E-state index contributed by atoms with van der Waals surface area (Å²) < 4.78 is 5.34. The van der Waals surface area contributed by atoms with Gasteiger partial charge in [-0.05, 0) is 32.4 Å². The molecule has 5 heteroatoms. The van der Waals surface area contributed by atoms with E-state index in [1.54, 1.807) is 0 Å². The lowest BCUT2D eigenvalue weighted by atomic mass is 9.96. The van der Waals surface area contributed by atoms with Gasteiger partial charge in [-0.3, -0.25) is 4.79 Å². The number of hydrogen-bond acceptors (Lipinski definition) is 3. The highest BCUT2D eigenvalue weighted by molar-refractivity contribution is 5.85. The number of rotatable bonds is 3. The van der Waals surface area contributed by atoms with E-state index in [4.69, 9.17) is 4.74 Å². The van der Waals surface area contributed by atoms with Gasteiger partial charge in [-0.15, -0.1) is 12.4 Å². The number of carbonyl (C=O) groups is 1. The molecule has 0 aliphatic carbocycles. The van der Waals surface area contributed by atoms with Gasteiger partial charge in [0, 0.05) is 32.0 Å². The predicted molar refractivity (Wildman–Crippen MR) is 69.4 cm³/mol. The van der Waals surface area contributed by atoms with Crippen molar-refractivity contribution in [3.8, 4) is 0 Å². The molecule has 2 heterocycles. The number of amides is 1. The summed E-state index contributed by atoms with van der Waals surface area (Å²) in [6.45, 7) is 4.51. The van der Waals surface area contributed by atoms with Gasteiger partial charge in [0.1, 0.15) is 0 Å². The predicted octanol–water partition coefficient (Wildman–Crippen LogP) is 0.903. The van der Waals surface area contributed by atoms with Crippen LogP contribution in [0, 0.1) is 11.8 Å². The van der Waals surface area contributed by atoms with Crippen LogP contribution in [0.5, 0.6) is 0 Å². The third kappa shape index (κ3) is 4.12. The SMILES string of the molecule is CN(CC1CCOC1)C(=O)C1CCNCC1.Cl. The minimum Gasteiger partial charge on any atom is -0.381 e. The summed E-state index contributed by atoms with van der Waals surface area (Å²) in [5, 5.41) is 3.29. The summed E-state index contributed by atoms with van der Waals surface area (Å²) in [5.74, 6) is 1.12. The van der Waals surface area contributed by atoms with E-state index in [2.05, 4.69) is 5.32 Å². The van der Waals surface area contributed by atoms with Crippen molar-refractivity contribution in [2.45, 2.75) is 19.3 Å². The second-order valence-corrected chi connectivity index (χ2v) is 4.97. The van der Waals surface area contributed by atoms with E-state index in [-0.39, 0.29) is 18.3 Å². The lowest BCUT2D eigenvalue weighted by Crippen LogP contribution is -2.41. The molecule has 1 unspecified atom stereocenters. The van der Waals surface area contributed by atoms with Crippen molar-refractivity contribution in [1.82, 2.24) is 10.2 Å². The summed E-state index contributed by atoms with van der Waals surface area (Å²) >= 11 is 0. The van der Waals surface area contributed by atoms with Gasteiger partial charge < -0.3 is 15.0 Å². The highest BCUT2D eigenvalue weighted by Gasteiger charge is 2.26. The average Bonchev–Trinajstić information content (AvgIpc) is 2.82. The van der Waals surface area contributed by atoms with E-state index >= 15 is 0 Å². The Bertz CT molecular complexity index is 239. The molecule has 0 radical (unpaired) electrons. The van der Waals surface area contributed by atoms with Gasteiger partial charge in [0.2, 0.25) is 5.91 Å². The molecule has 0 bridgehead atoms. The summed E-state index contributed by atoms with van der Waals surface area (Å²) in [7, 11) is 1.93. The molecule has 100 valence electrons. The first-order chi connectivity index (χ1) is 7.77. The fourth-order valence-corrected chi connectivity index (χ4v) is 2.59. The molecule has 2 aliphatic rings. The van der Waals surface area contributed by atoms with Gasteiger partial charge in [0.15, 0.2) is 0 Å². The molecule has 2 saturated heterocycles. The van der Waals surface area contributed by atoms with Gasteiger partial charge in [0.25, 0.3) is 0 Å². The van der Waals surface area contributed by atoms with Crippen LogP contribution in [-0.2, 0) is 9.53 Å². The number of piperidine rings is 1. The molecular formula is C12H23ClN2O2. The van der Waals surface area contributed by atoms with Crippen molar-refractivity contribution in [2.75, 3.05) is 39.9 Å². The van der Waals surface area contributed by atoms with Gasteiger partial charge in [-0.2, -0.15) is 0 Å². The maximum atomic E-state index is 12.1. The van der Waals surface area contributed by atoms with Crippen molar-refractivity contribution in [3.05, 3.63) is 0 Å². The topological polar surface area (TPSA) is 41.6 Å². The fraction of sp³-hybridized carbons (Fsp3) is 0.917. The molecule has 17 heavy (non-hydrogen) atoms. The second kappa shape index (κ2) is 7.19. The smallest absolute Gasteiger partial charge is 0.225 e. The molecule has 2 fully saturated rings. The quantitative estimate of drug-likeness (QED) is 0.822. The van der Waals surface area contributed by atoms with E-state index in [0.29, 0.717) is 11.8 Å². The molecule has 1 atom stereocenters. The Hall–Kier alpha value is -0.320. The van der Waals surface area contributed by atoms with Gasteiger partial charge in [-0.25, -0.2) is 0 Å². The molecule has 0 aromatic rings. The number of nitrogens with one attached hydrogen (secondary N) is 1. The molecule has 0 aromatic carbocycles. The van der Waals surface area contributed by atoms with Crippen LogP contribution in [-0.4, -0.2) is 50.7 Å².